The van der Waals surface area contributed by atoms with E-state index >= 15 is 0 Å². The summed E-state index contributed by atoms with van der Waals surface area (Å²) in [5, 5.41) is 5.72. The van der Waals surface area contributed by atoms with Gasteiger partial charge in [-0.25, -0.2) is 0 Å². The Bertz CT molecular complexity index is 383. The summed E-state index contributed by atoms with van der Waals surface area (Å²) in [5.74, 6) is 0.647. The average molecular weight is 281 g/mol. The van der Waals surface area contributed by atoms with E-state index in [2.05, 4.69) is 10.6 Å². The standard InChI is InChI=1S/C15H27N3O2/c1-4-8(2)17-14(19)9(3)18-15(20)12-10-5-6-11(7-10)13(12)16/h8-13H,4-7,16H2,1-3H3,(H,17,19)(H,18,20). The van der Waals surface area contributed by atoms with Crippen molar-refractivity contribution in [2.75, 3.05) is 0 Å². The van der Waals surface area contributed by atoms with Gasteiger partial charge in [-0.3, -0.25) is 9.59 Å². The highest BCUT2D eigenvalue weighted by atomic mass is 16.2. The summed E-state index contributed by atoms with van der Waals surface area (Å²) in [5.41, 5.74) is 6.16. The van der Waals surface area contributed by atoms with E-state index in [9.17, 15) is 9.59 Å². The van der Waals surface area contributed by atoms with Crippen molar-refractivity contribution >= 4 is 11.8 Å². The second kappa shape index (κ2) is 6.12. The highest BCUT2D eigenvalue weighted by molar-refractivity contribution is 5.88. The molecule has 6 unspecified atom stereocenters. The molecule has 2 aliphatic rings. The van der Waals surface area contributed by atoms with Gasteiger partial charge in [0.15, 0.2) is 0 Å². The van der Waals surface area contributed by atoms with Crippen molar-refractivity contribution < 1.29 is 9.59 Å². The first-order valence-electron chi connectivity index (χ1n) is 7.80. The molecule has 5 nitrogen and oxygen atoms in total. The minimum Gasteiger partial charge on any atom is -0.352 e. The van der Waals surface area contributed by atoms with Gasteiger partial charge in [0.1, 0.15) is 6.04 Å². The molecule has 0 spiro atoms. The normalized spacial score (nSPS) is 34.6. The van der Waals surface area contributed by atoms with E-state index in [1.807, 2.05) is 13.8 Å². The lowest BCUT2D eigenvalue weighted by molar-refractivity contribution is -0.132. The van der Waals surface area contributed by atoms with E-state index in [0.29, 0.717) is 11.8 Å². The number of amides is 2. The summed E-state index contributed by atoms with van der Waals surface area (Å²) in [6, 6.07) is -0.395. The first kappa shape index (κ1) is 15.3. The van der Waals surface area contributed by atoms with Crippen molar-refractivity contribution in [3.63, 3.8) is 0 Å². The van der Waals surface area contributed by atoms with Gasteiger partial charge in [0.2, 0.25) is 11.8 Å². The zero-order valence-electron chi connectivity index (χ0n) is 12.7. The molecule has 0 radical (unpaired) electrons. The first-order valence-corrected chi connectivity index (χ1v) is 7.80. The highest BCUT2D eigenvalue weighted by Crippen LogP contribution is 2.47. The number of hydrogen-bond acceptors (Lipinski definition) is 3. The van der Waals surface area contributed by atoms with Crippen LogP contribution in [0.1, 0.15) is 46.5 Å². The third kappa shape index (κ3) is 2.97. The van der Waals surface area contributed by atoms with Gasteiger partial charge in [0, 0.05) is 12.1 Å². The van der Waals surface area contributed by atoms with Crippen LogP contribution in [-0.4, -0.2) is 29.9 Å². The van der Waals surface area contributed by atoms with Crippen LogP contribution in [0.15, 0.2) is 0 Å². The molecule has 114 valence electrons. The van der Waals surface area contributed by atoms with E-state index in [1.54, 1.807) is 6.92 Å². The van der Waals surface area contributed by atoms with Crippen molar-refractivity contribution in [2.45, 2.75) is 64.6 Å². The fourth-order valence-corrected chi connectivity index (χ4v) is 3.57. The smallest absolute Gasteiger partial charge is 0.242 e. The maximum Gasteiger partial charge on any atom is 0.242 e. The molecule has 2 amide bonds. The van der Waals surface area contributed by atoms with Gasteiger partial charge in [0.25, 0.3) is 0 Å². The van der Waals surface area contributed by atoms with E-state index in [1.165, 1.54) is 0 Å². The Morgan fingerprint density at radius 1 is 1.20 bits per heavy atom. The Labute approximate surface area is 121 Å². The number of hydrogen-bond donors (Lipinski definition) is 3. The van der Waals surface area contributed by atoms with Gasteiger partial charge in [-0.2, -0.15) is 0 Å². The summed E-state index contributed by atoms with van der Waals surface area (Å²) >= 11 is 0. The first-order chi connectivity index (χ1) is 9.43. The Morgan fingerprint density at radius 2 is 1.85 bits per heavy atom. The largest absolute Gasteiger partial charge is 0.352 e. The predicted molar refractivity (Wildman–Crippen MR) is 77.8 cm³/mol. The van der Waals surface area contributed by atoms with Crippen LogP contribution in [0.5, 0.6) is 0 Å². The summed E-state index contributed by atoms with van der Waals surface area (Å²) in [4.78, 5) is 24.3. The molecule has 5 heteroatoms. The van der Waals surface area contributed by atoms with Crippen LogP contribution in [-0.2, 0) is 9.59 Å². The van der Waals surface area contributed by atoms with Crippen molar-refractivity contribution in [2.24, 2.45) is 23.5 Å². The third-order valence-corrected chi connectivity index (χ3v) is 5.04. The molecule has 4 N–H and O–H groups in total. The second-order valence-electron chi connectivity index (χ2n) is 6.48. The fourth-order valence-electron chi connectivity index (χ4n) is 3.57. The molecule has 0 heterocycles. The Kier molecular flexibility index (Phi) is 4.68. The van der Waals surface area contributed by atoms with Crippen LogP contribution in [0, 0.1) is 17.8 Å². The van der Waals surface area contributed by atoms with E-state index < -0.39 is 6.04 Å². The van der Waals surface area contributed by atoms with Crippen LogP contribution >= 0.6 is 0 Å². The van der Waals surface area contributed by atoms with Crippen LogP contribution in [0.4, 0.5) is 0 Å². The molecular weight excluding hydrogens is 254 g/mol. The second-order valence-corrected chi connectivity index (χ2v) is 6.48. The molecule has 0 aromatic rings. The number of rotatable bonds is 5. The molecule has 20 heavy (non-hydrogen) atoms. The summed E-state index contributed by atoms with van der Waals surface area (Å²) in [7, 11) is 0. The van der Waals surface area contributed by atoms with Crippen molar-refractivity contribution in [1.82, 2.24) is 10.6 Å². The van der Waals surface area contributed by atoms with Gasteiger partial charge in [0.05, 0.1) is 5.92 Å². The molecule has 0 saturated heterocycles. The Morgan fingerprint density at radius 3 is 2.40 bits per heavy atom. The number of fused-ring (bicyclic) bond motifs is 2. The predicted octanol–water partition coefficient (Wildman–Crippen LogP) is 0.779. The van der Waals surface area contributed by atoms with E-state index in [-0.39, 0.29) is 29.8 Å². The lowest BCUT2D eigenvalue weighted by atomic mass is 9.84. The Balaban J connectivity index is 1.86. The van der Waals surface area contributed by atoms with Gasteiger partial charge >= 0.3 is 0 Å². The van der Waals surface area contributed by atoms with Gasteiger partial charge in [-0.1, -0.05) is 6.92 Å². The summed E-state index contributed by atoms with van der Waals surface area (Å²) in [6.45, 7) is 5.70. The van der Waals surface area contributed by atoms with Gasteiger partial charge in [-0.05, 0) is 51.4 Å². The SMILES string of the molecule is CCC(C)NC(=O)C(C)NC(=O)C1C2CCC(C2)C1N. The molecule has 0 aliphatic heterocycles. The molecule has 2 saturated carbocycles. The molecule has 2 aliphatic carbocycles. The van der Waals surface area contributed by atoms with Crippen LogP contribution in [0.2, 0.25) is 0 Å². The number of carbonyl (C=O) groups is 2. The zero-order valence-corrected chi connectivity index (χ0v) is 12.7. The molecule has 2 rings (SSSR count). The highest BCUT2D eigenvalue weighted by Gasteiger charge is 2.49. The van der Waals surface area contributed by atoms with E-state index in [4.69, 9.17) is 5.73 Å². The summed E-state index contributed by atoms with van der Waals surface area (Å²) in [6.07, 6.45) is 4.21. The van der Waals surface area contributed by atoms with Gasteiger partial charge < -0.3 is 16.4 Å². The summed E-state index contributed by atoms with van der Waals surface area (Å²) < 4.78 is 0. The third-order valence-electron chi connectivity index (χ3n) is 5.04. The minimum atomic E-state index is -0.497. The van der Waals surface area contributed by atoms with Crippen LogP contribution in [0.25, 0.3) is 0 Å². The molecule has 2 fully saturated rings. The van der Waals surface area contributed by atoms with Gasteiger partial charge in [-0.15, -0.1) is 0 Å². The van der Waals surface area contributed by atoms with Crippen molar-refractivity contribution in [3.05, 3.63) is 0 Å². The van der Waals surface area contributed by atoms with Crippen LogP contribution < -0.4 is 16.4 Å². The van der Waals surface area contributed by atoms with Crippen molar-refractivity contribution in [1.29, 1.82) is 0 Å². The average Bonchev–Trinajstić information content (AvgIpc) is 2.98. The number of nitrogens with one attached hydrogen (secondary N) is 2. The fraction of sp³-hybridized carbons (Fsp3) is 0.867. The molecular formula is C15H27N3O2. The molecule has 6 atom stereocenters. The number of carbonyl (C=O) groups excluding carboxylic acids is 2. The topological polar surface area (TPSA) is 84.2 Å². The lowest BCUT2D eigenvalue weighted by Gasteiger charge is -2.28. The zero-order chi connectivity index (χ0) is 14.9. The molecule has 0 aromatic carbocycles. The molecule has 0 aromatic heterocycles. The monoisotopic (exact) mass is 281 g/mol. The van der Waals surface area contributed by atoms with Crippen molar-refractivity contribution in [3.8, 4) is 0 Å². The maximum absolute atomic E-state index is 12.3. The maximum atomic E-state index is 12.3. The quantitative estimate of drug-likeness (QED) is 0.696. The lowest BCUT2D eigenvalue weighted by Crippen LogP contribution is -2.52. The molecule has 2 bridgehead atoms. The Hall–Kier alpha value is -1.10. The number of nitrogens with two attached hydrogens (primary N) is 1. The van der Waals surface area contributed by atoms with Crippen LogP contribution in [0.3, 0.4) is 0 Å². The minimum absolute atomic E-state index is 0.0291. The van der Waals surface area contributed by atoms with E-state index in [0.717, 1.165) is 25.7 Å².